The number of nitrogens with zero attached hydrogens (tertiary/aromatic N) is 8. The topological polar surface area (TPSA) is 102 Å². The van der Waals surface area contributed by atoms with E-state index in [-0.39, 0.29) is 5.78 Å². The second-order valence-electron chi connectivity index (χ2n) is 10.0. The lowest BCUT2D eigenvalue weighted by Gasteiger charge is -2.37. The average Bonchev–Trinajstić information content (AvgIpc) is 3.34. The lowest BCUT2D eigenvalue weighted by atomic mass is 10.1. The number of anilines is 4. The fourth-order valence-corrected chi connectivity index (χ4v) is 6.24. The second kappa shape index (κ2) is 10.3. The molecule has 39 heavy (non-hydrogen) atoms. The number of piperazine rings is 1. The zero-order chi connectivity index (χ0) is 27.1. The minimum absolute atomic E-state index is 0.0765. The van der Waals surface area contributed by atoms with Crippen molar-refractivity contribution in [2.75, 3.05) is 86.2 Å². The van der Waals surface area contributed by atoms with Crippen molar-refractivity contribution in [2.24, 2.45) is 0 Å². The maximum atomic E-state index is 11.7. The third kappa shape index (κ3) is 4.70. The number of thiophene rings is 1. The van der Waals surface area contributed by atoms with E-state index in [2.05, 4.69) is 20.8 Å². The zero-order valence-corrected chi connectivity index (χ0v) is 23.2. The van der Waals surface area contributed by atoms with E-state index in [4.69, 9.17) is 19.7 Å². The Balaban J connectivity index is 1.36. The summed E-state index contributed by atoms with van der Waals surface area (Å²) < 4.78 is 6.50. The molecule has 11 heteroatoms. The Morgan fingerprint density at radius 2 is 1.62 bits per heavy atom. The van der Waals surface area contributed by atoms with Crippen molar-refractivity contribution in [1.82, 2.24) is 15.0 Å². The Kier molecular flexibility index (Phi) is 6.66. The van der Waals surface area contributed by atoms with Crippen LogP contribution in [0.1, 0.15) is 22.8 Å². The van der Waals surface area contributed by atoms with Crippen LogP contribution in [0, 0.1) is 11.3 Å². The molecule has 0 aliphatic carbocycles. The van der Waals surface area contributed by atoms with Gasteiger partial charge in [0.15, 0.2) is 11.6 Å². The third-order valence-corrected chi connectivity index (χ3v) is 8.39. The van der Waals surface area contributed by atoms with Crippen LogP contribution in [0.5, 0.6) is 0 Å². The summed E-state index contributed by atoms with van der Waals surface area (Å²) in [7, 11) is 3.88. The van der Waals surface area contributed by atoms with E-state index < -0.39 is 0 Å². The molecule has 2 fully saturated rings. The quantitative estimate of drug-likeness (QED) is 0.348. The number of nitriles is 1. The van der Waals surface area contributed by atoms with Gasteiger partial charge in [0.2, 0.25) is 5.95 Å². The molecule has 0 radical (unpaired) electrons. The van der Waals surface area contributed by atoms with E-state index in [1.54, 1.807) is 18.3 Å². The second-order valence-corrected chi connectivity index (χ2v) is 11.0. The highest BCUT2D eigenvalue weighted by Gasteiger charge is 2.26. The van der Waals surface area contributed by atoms with Gasteiger partial charge in [0.1, 0.15) is 16.7 Å². The van der Waals surface area contributed by atoms with Crippen LogP contribution in [-0.2, 0) is 4.74 Å². The molecule has 2 aliphatic heterocycles. The summed E-state index contributed by atoms with van der Waals surface area (Å²) in [5.74, 6) is 2.33. The maximum absolute atomic E-state index is 11.7. The van der Waals surface area contributed by atoms with Crippen LogP contribution >= 0.6 is 11.3 Å². The number of hydrogen-bond donors (Lipinski definition) is 0. The number of ketones is 1. The van der Waals surface area contributed by atoms with Crippen molar-refractivity contribution >= 4 is 60.8 Å². The van der Waals surface area contributed by atoms with Gasteiger partial charge in [-0.1, -0.05) is 0 Å². The number of ether oxygens (including phenoxy) is 1. The molecule has 0 N–H and O–H groups in total. The van der Waals surface area contributed by atoms with Crippen LogP contribution in [0.3, 0.4) is 0 Å². The largest absolute Gasteiger partial charge is 0.378 e. The Bertz CT molecular complexity index is 1580. The molecule has 0 bridgehead atoms. The first kappa shape index (κ1) is 25.3. The van der Waals surface area contributed by atoms with Gasteiger partial charge in [-0.05, 0) is 37.3 Å². The van der Waals surface area contributed by atoms with Crippen LogP contribution in [0.15, 0.2) is 30.3 Å². The Morgan fingerprint density at radius 3 is 2.26 bits per heavy atom. The molecule has 5 heterocycles. The van der Waals surface area contributed by atoms with Gasteiger partial charge in [-0.2, -0.15) is 10.2 Å². The van der Waals surface area contributed by atoms with Crippen LogP contribution in [0.25, 0.3) is 20.4 Å². The van der Waals surface area contributed by atoms with Gasteiger partial charge in [-0.25, -0.2) is 9.97 Å². The number of fused-ring (bicyclic) bond motifs is 3. The number of pyridine rings is 1. The van der Waals surface area contributed by atoms with Crippen molar-refractivity contribution in [3.05, 3.63) is 41.5 Å². The highest BCUT2D eigenvalue weighted by atomic mass is 32.1. The molecular formula is C28H30N8O2S. The minimum Gasteiger partial charge on any atom is -0.378 e. The smallest absolute Gasteiger partial charge is 0.227 e. The molecule has 0 amide bonds. The monoisotopic (exact) mass is 542 g/mol. The summed E-state index contributed by atoms with van der Waals surface area (Å²) in [6.07, 6.45) is 0. The molecule has 0 atom stereocenters. The number of hydrogen-bond acceptors (Lipinski definition) is 11. The fraction of sp³-hybridized carbons (Fsp3) is 0.393. The number of benzene rings is 1. The molecule has 200 valence electrons. The number of morpholine rings is 1. The highest BCUT2D eigenvalue weighted by Crippen LogP contribution is 2.40. The predicted molar refractivity (Wildman–Crippen MR) is 156 cm³/mol. The van der Waals surface area contributed by atoms with E-state index in [0.717, 1.165) is 76.8 Å². The molecule has 1 aromatic carbocycles. The molecule has 10 nitrogen and oxygen atoms in total. The van der Waals surface area contributed by atoms with Crippen LogP contribution in [0.4, 0.5) is 23.3 Å². The van der Waals surface area contributed by atoms with Crippen LogP contribution < -0.4 is 19.6 Å². The minimum atomic E-state index is 0.0765. The van der Waals surface area contributed by atoms with Crippen LogP contribution in [0.2, 0.25) is 0 Å². The number of aromatic nitrogens is 3. The SMILES string of the molecule is CC(=O)c1ccc(N2CCN(c3nc(N(C)C)nc4c3sc3nc(N5CCOCC5)c(C#N)cc34)CC2)cc1. The predicted octanol–water partition coefficient (Wildman–Crippen LogP) is 3.54. The molecule has 0 saturated carbocycles. The molecule has 3 aromatic heterocycles. The Labute approximate surface area is 231 Å². The summed E-state index contributed by atoms with van der Waals surface area (Å²) in [5, 5.41) is 10.9. The number of carbonyl (C=O) groups excluding carboxylic acids is 1. The van der Waals surface area contributed by atoms with Crippen molar-refractivity contribution < 1.29 is 9.53 Å². The molecule has 2 saturated heterocycles. The van der Waals surface area contributed by atoms with E-state index >= 15 is 0 Å². The molecule has 0 unspecified atom stereocenters. The van der Waals surface area contributed by atoms with Gasteiger partial charge < -0.3 is 24.3 Å². The average molecular weight is 543 g/mol. The van der Waals surface area contributed by atoms with Crippen molar-refractivity contribution in [1.29, 1.82) is 5.26 Å². The molecule has 2 aliphatic rings. The first-order valence-electron chi connectivity index (χ1n) is 13.1. The first-order chi connectivity index (χ1) is 18.9. The van der Waals surface area contributed by atoms with Gasteiger partial charge in [0.25, 0.3) is 0 Å². The highest BCUT2D eigenvalue weighted by molar-refractivity contribution is 7.26. The van der Waals surface area contributed by atoms with E-state index in [0.29, 0.717) is 30.5 Å². The standard InChI is InChI=1S/C28H30N8O2S/c1-18(37)19-4-6-21(7-5-19)34-8-10-35(11-9-34)26-24-23(30-28(32-26)33(2)3)22-16-20(17-29)25(31-27(22)39-24)36-12-14-38-15-13-36/h4-7,16H,8-15H2,1-3H3. The molecule has 6 rings (SSSR count). The summed E-state index contributed by atoms with van der Waals surface area (Å²) in [4.78, 5) is 36.1. The molecule has 4 aromatic rings. The summed E-state index contributed by atoms with van der Waals surface area (Å²) in [5.41, 5.74) is 3.24. The Hall–Kier alpha value is -4.01. The number of rotatable bonds is 5. The van der Waals surface area contributed by atoms with Crippen molar-refractivity contribution in [3.8, 4) is 6.07 Å². The van der Waals surface area contributed by atoms with Gasteiger partial charge in [0.05, 0.1) is 29.0 Å². The molecule has 0 spiro atoms. The van der Waals surface area contributed by atoms with E-state index in [9.17, 15) is 10.1 Å². The summed E-state index contributed by atoms with van der Waals surface area (Å²) >= 11 is 1.59. The van der Waals surface area contributed by atoms with Gasteiger partial charge >= 0.3 is 0 Å². The van der Waals surface area contributed by atoms with Gasteiger partial charge in [0, 0.05) is 70.0 Å². The van der Waals surface area contributed by atoms with Gasteiger partial charge in [-0.15, -0.1) is 11.3 Å². The maximum Gasteiger partial charge on any atom is 0.227 e. The summed E-state index contributed by atoms with van der Waals surface area (Å²) in [6.45, 7) is 7.57. The first-order valence-corrected chi connectivity index (χ1v) is 13.9. The zero-order valence-electron chi connectivity index (χ0n) is 22.3. The lowest BCUT2D eigenvalue weighted by Crippen LogP contribution is -2.47. The van der Waals surface area contributed by atoms with Crippen molar-refractivity contribution in [2.45, 2.75) is 6.92 Å². The lowest BCUT2D eigenvalue weighted by molar-refractivity contribution is 0.101. The van der Waals surface area contributed by atoms with E-state index in [1.165, 1.54) is 0 Å². The van der Waals surface area contributed by atoms with E-state index in [1.807, 2.05) is 49.3 Å². The fourth-order valence-electron chi connectivity index (χ4n) is 5.13. The number of carbonyl (C=O) groups is 1. The Morgan fingerprint density at radius 1 is 0.949 bits per heavy atom. The number of Topliss-reactive ketones (excluding diaryl/α,β-unsaturated/α-hetero) is 1. The van der Waals surface area contributed by atoms with Crippen molar-refractivity contribution in [3.63, 3.8) is 0 Å². The summed E-state index contributed by atoms with van der Waals surface area (Å²) in [6, 6.07) is 12.1. The third-order valence-electron chi connectivity index (χ3n) is 7.31. The normalized spacial score (nSPS) is 16.1. The molecular weight excluding hydrogens is 512 g/mol. The van der Waals surface area contributed by atoms with Crippen LogP contribution in [-0.4, -0.2) is 87.3 Å². The van der Waals surface area contributed by atoms with Gasteiger partial charge in [-0.3, -0.25) is 4.79 Å².